The van der Waals surface area contributed by atoms with E-state index in [1.165, 1.54) is 6.07 Å². The predicted octanol–water partition coefficient (Wildman–Crippen LogP) is 4.09. The van der Waals surface area contributed by atoms with E-state index in [9.17, 15) is 18.0 Å². The maximum absolute atomic E-state index is 12.9. The molecule has 0 aliphatic rings. The molecule has 8 heteroatoms. The molecule has 1 amide bonds. The van der Waals surface area contributed by atoms with Gasteiger partial charge >= 0.3 is 6.18 Å². The maximum Gasteiger partial charge on any atom is 0.416 e. The molecule has 0 bridgehead atoms. The Balaban J connectivity index is 1.93. The summed E-state index contributed by atoms with van der Waals surface area (Å²) >= 11 is 0. The molecule has 0 fully saturated rings. The quantitative estimate of drug-likeness (QED) is 0.749. The first kappa shape index (κ1) is 18.9. The van der Waals surface area contributed by atoms with Crippen molar-refractivity contribution in [3.05, 3.63) is 58.4 Å². The molecule has 2 heterocycles. The third-order valence-corrected chi connectivity index (χ3v) is 4.40. The lowest BCUT2D eigenvalue weighted by molar-refractivity contribution is -0.137. The second-order valence-electron chi connectivity index (χ2n) is 6.54. The van der Waals surface area contributed by atoms with Crippen molar-refractivity contribution in [2.45, 2.75) is 33.0 Å². The van der Waals surface area contributed by atoms with E-state index >= 15 is 0 Å². The molecule has 0 radical (unpaired) electrons. The molecule has 27 heavy (non-hydrogen) atoms. The first-order valence-electron chi connectivity index (χ1n) is 8.37. The van der Waals surface area contributed by atoms with Crippen LogP contribution in [0, 0.1) is 13.8 Å². The van der Waals surface area contributed by atoms with E-state index in [2.05, 4.69) is 15.4 Å². The number of nitrogens with zero attached hydrogens (tertiary/aromatic N) is 3. The summed E-state index contributed by atoms with van der Waals surface area (Å²) in [5, 5.41) is 7.71. The molecule has 1 unspecified atom stereocenters. The molecule has 0 saturated heterocycles. The highest BCUT2D eigenvalue weighted by atomic mass is 19.4. The van der Waals surface area contributed by atoms with E-state index in [0.717, 1.165) is 12.1 Å². The largest absolute Gasteiger partial charge is 0.416 e. The average Bonchev–Trinajstić information content (AvgIpc) is 2.87. The van der Waals surface area contributed by atoms with Crippen LogP contribution in [0.1, 0.15) is 45.8 Å². The number of carbonyl (C=O) groups is 1. The van der Waals surface area contributed by atoms with Crippen molar-refractivity contribution in [1.29, 1.82) is 0 Å². The standard InChI is InChI=1S/C19H19F3N4O/c1-10-8-15(16-12(3)25-26(4)17(16)23-10)18(27)24-11(2)13-6-5-7-14(9-13)19(20,21)22/h5-9,11H,1-4H3,(H,24,27). The van der Waals surface area contributed by atoms with Gasteiger partial charge in [0.1, 0.15) is 0 Å². The third kappa shape index (κ3) is 3.65. The van der Waals surface area contributed by atoms with Crippen LogP contribution in [-0.4, -0.2) is 20.7 Å². The number of nitrogens with one attached hydrogen (secondary N) is 1. The molecule has 0 aliphatic carbocycles. The molecule has 5 nitrogen and oxygen atoms in total. The SMILES string of the molecule is Cc1cc(C(=O)NC(C)c2cccc(C(F)(F)F)c2)c2c(C)nn(C)c2n1. The molecule has 0 spiro atoms. The molecular weight excluding hydrogens is 357 g/mol. The number of benzene rings is 1. The van der Waals surface area contributed by atoms with Gasteiger partial charge in [-0.05, 0) is 44.5 Å². The summed E-state index contributed by atoms with van der Waals surface area (Å²) in [5.41, 5.74) is 1.94. The first-order valence-corrected chi connectivity index (χ1v) is 8.37. The van der Waals surface area contributed by atoms with E-state index < -0.39 is 17.8 Å². The van der Waals surface area contributed by atoms with Crippen LogP contribution in [0.15, 0.2) is 30.3 Å². The van der Waals surface area contributed by atoms with Gasteiger partial charge in [0, 0.05) is 12.7 Å². The number of carbonyl (C=O) groups excluding carboxylic acids is 1. The molecule has 142 valence electrons. The van der Waals surface area contributed by atoms with Gasteiger partial charge in [-0.2, -0.15) is 18.3 Å². The van der Waals surface area contributed by atoms with Crippen LogP contribution in [0.25, 0.3) is 11.0 Å². The number of pyridine rings is 1. The molecule has 1 atom stereocenters. The minimum Gasteiger partial charge on any atom is -0.345 e. The Morgan fingerprint density at radius 3 is 2.59 bits per heavy atom. The number of hydrogen-bond donors (Lipinski definition) is 1. The Bertz CT molecular complexity index is 1020. The summed E-state index contributed by atoms with van der Waals surface area (Å²) in [4.78, 5) is 17.3. The summed E-state index contributed by atoms with van der Waals surface area (Å²) in [5.74, 6) is -0.383. The third-order valence-electron chi connectivity index (χ3n) is 4.40. The predicted molar refractivity (Wildman–Crippen MR) is 95.3 cm³/mol. The molecular formula is C19H19F3N4O. The summed E-state index contributed by atoms with van der Waals surface area (Å²) in [6.07, 6.45) is -4.43. The minimum absolute atomic E-state index is 0.378. The van der Waals surface area contributed by atoms with Crippen molar-refractivity contribution in [3.8, 4) is 0 Å². The van der Waals surface area contributed by atoms with Crippen LogP contribution >= 0.6 is 0 Å². The zero-order valence-corrected chi connectivity index (χ0v) is 15.3. The summed E-state index contributed by atoms with van der Waals surface area (Å²) in [6.45, 7) is 5.20. The van der Waals surface area contributed by atoms with Crippen LogP contribution in [0.5, 0.6) is 0 Å². The second kappa shape index (κ2) is 6.68. The van der Waals surface area contributed by atoms with Crippen molar-refractivity contribution in [2.24, 2.45) is 7.05 Å². The van der Waals surface area contributed by atoms with E-state index in [1.807, 2.05) is 0 Å². The van der Waals surface area contributed by atoms with E-state index in [1.54, 1.807) is 44.6 Å². The number of aryl methyl sites for hydroxylation is 3. The van der Waals surface area contributed by atoms with Crippen LogP contribution < -0.4 is 5.32 Å². The smallest absolute Gasteiger partial charge is 0.345 e. The zero-order valence-electron chi connectivity index (χ0n) is 15.3. The average molecular weight is 376 g/mol. The minimum atomic E-state index is -4.43. The molecule has 3 aromatic rings. The Morgan fingerprint density at radius 2 is 1.93 bits per heavy atom. The fourth-order valence-corrected chi connectivity index (χ4v) is 3.09. The number of amides is 1. The lowest BCUT2D eigenvalue weighted by Gasteiger charge is -2.17. The Labute approximate surface area is 154 Å². The van der Waals surface area contributed by atoms with Gasteiger partial charge in [0.05, 0.1) is 28.2 Å². The molecule has 2 aromatic heterocycles. The van der Waals surface area contributed by atoms with Crippen molar-refractivity contribution in [1.82, 2.24) is 20.1 Å². The highest BCUT2D eigenvalue weighted by Gasteiger charge is 2.31. The van der Waals surface area contributed by atoms with E-state index in [0.29, 0.717) is 33.5 Å². The van der Waals surface area contributed by atoms with Gasteiger partial charge in [-0.25, -0.2) is 4.98 Å². The lowest BCUT2D eigenvalue weighted by atomic mass is 10.0. The van der Waals surface area contributed by atoms with Crippen molar-refractivity contribution in [3.63, 3.8) is 0 Å². The van der Waals surface area contributed by atoms with Crippen LogP contribution in [-0.2, 0) is 13.2 Å². The van der Waals surface area contributed by atoms with Gasteiger partial charge in [0.15, 0.2) is 5.65 Å². The van der Waals surface area contributed by atoms with Crippen LogP contribution in [0.4, 0.5) is 13.2 Å². The van der Waals surface area contributed by atoms with E-state index in [4.69, 9.17) is 0 Å². The lowest BCUT2D eigenvalue weighted by Crippen LogP contribution is -2.27. The number of alkyl halides is 3. The summed E-state index contributed by atoms with van der Waals surface area (Å²) in [7, 11) is 1.74. The fraction of sp³-hybridized carbons (Fsp3) is 0.316. The molecule has 0 aliphatic heterocycles. The number of rotatable bonds is 3. The molecule has 3 rings (SSSR count). The maximum atomic E-state index is 12.9. The van der Waals surface area contributed by atoms with Crippen molar-refractivity contribution in [2.75, 3.05) is 0 Å². The van der Waals surface area contributed by atoms with Crippen molar-refractivity contribution >= 4 is 16.9 Å². The van der Waals surface area contributed by atoms with Crippen LogP contribution in [0.3, 0.4) is 0 Å². The Kier molecular flexibility index (Phi) is 4.67. The highest BCUT2D eigenvalue weighted by molar-refractivity contribution is 6.06. The monoisotopic (exact) mass is 376 g/mol. The van der Waals surface area contributed by atoms with Gasteiger partial charge < -0.3 is 5.32 Å². The topological polar surface area (TPSA) is 59.8 Å². The van der Waals surface area contributed by atoms with Gasteiger partial charge in [-0.1, -0.05) is 12.1 Å². The van der Waals surface area contributed by atoms with E-state index in [-0.39, 0.29) is 5.91 Å². The fourth-order valence-electron chi connectivity index (χ4n) is 3.09. The van der Waals surface area contributed by atoms with Crippen molar-refractivity contribution < 1.29 is 18.0 Å². The number of aromatic nitrogens is 3. The zero-order chi connectivity index (χ0) is 19.9. The molecule has 1 aromatic carbocycles. The first-order chi connectivity index (χ1) is 12.6. The normalized spacial score (nSPS) is 13.0. The molecule has 0 saturated carbocycles. The number of fused-ring (bicyclic) bond motifs is 1. The Hall–Kier alpha value is -2.90. The van der Waals surface area contributed by atoms with Gasteiger partial charge in [0.25, 0.3) is 5.91 Å². The second-order valence-corrected chi connectivity index (χ2v) is 6.54. The highest BCUT2D eigenvalue weighted by Crippen LogP contribution is 2.31. The number of hydrogen-bond acceptors (Lipinski definition) is 3. The van der Waals surface area contributed by atoms with Gasteiger partial charge in [0.2, 0.25) is 0 Å². The Morgan fingerprint density at radius 1 is 1.22 bits per heavy atom. The van der Waals surface area contributed by atoms with Gasteiger partial charge in [-0.15, -0.1) is 0 Å². The van der Waals surface area contributed by atoms with Crippen LogP contribution in [0.2, 0.25) is 0 Å². The number of halogens is 3. The van der Waals surface area contributed by atoms with Gasteiger partial charge in [-0.3, -0.25) is 9.48 Å². The molecule has 1 N–H and O–H groups in total. The summed E-state index contributed by atoms with van der Waals surface area (Å²) in [6, 6.07) is 6.01. The summed E-state index contributed by atoms with van der Waals surface area (Å²) < 4.78 is 40.4.